The highest BCUT2D eigenvalue weighted by molar-refractivity contribution is 5.55. The average molecular weight is 233 g/mol. The Morgan fingerprint density at radius 3 is 3.06 bits per heavy atom. The zero-order chi connectivity index (χ0) is 12.1. The predicted octanol–water partition coefficient (Wildman–Crippen LogP) is 3.14. The number of piperidine rings is 1. The number of pyridine rings is 1. The molecule has 0 amide bonds. The van der Waals surface area contributed by atoms with E-state index in [1.165, 1.54) is 38.0 Å². The maximum atomic E-state index is 4.33. The van der Waals surface area contributed by atoms with Crippen LogP contribution in [0.3, 0.4) is 0 Å². The molecule has 1 saturated heterocycles. The molecule has 2 heterocycles. The normalized spacial score (nSPS) is 20.4. The topological polar surface area (TPSA) is 28.2 Å². The van der Waals surface area contributed by atoms with E-state index in [0.717, 1.165) is 18.2 Å². The minimum absolute atomic E-state index is 0.853. The van der Waals surface area contributed by atoms with Crippen LogP contribution in [0.4, 0.5) is 11.4 Å². The van der Waals surface area contributed by atoms with Crippen LogP contribution < -0.4 is 10.2 Å². The van der Waals surface area contributed by atoms with Crippen molar-refractivity contribution in [1.82, 2.24) is 4.98 Å². The van der Waals surface area contributed by atoms with Gasteiger partial charge in [-0.3, -0.25) is 4.98 Å². The van der Waals surface area contributed by atoms with E-state index in [-0.39, 0.29) is 0 Å². The van der Waals surface area contributed by atoms with Crippen LogP contribution >= 0.6 is 0 Å². The minimum atomic E-state index is 0.853. The molecule has 0 saturated carbocycles. The number of nitrogens with zero attached hydrogens (tertiary/aromatic N) is 2. The van der Waals surface area contributed by atoms with Crippen molar-refractivity contribution in [2.24, 2.45) is 5.92 Å². The van der Waals surface area contributed by atoms with Crippen molar-refractivity contribution in [1.29, 1.82) is 0 Å². The molecule has 1 atom stereocenters. The summed E-state index contributed by atoms with van der Waals surface area (Å²) in [7, 11) is 0. The maximum Gasteiger partial charge on any atom is 0.0573 e. The Morgan fingerprint density at radius 1 is 1.41 bits per heavy atom. The molecule has 0 aliphatic carbocycles. The Hall–Kier alpha value is -1.25. The van der Waals surface area contributed by atoms with Crippen molar-refractivity contribution in [3.8, 4) is 0 Å². The van der Waals surface area contributed by atoms with E-state index in [1.54, 1.807) is 0 Å². The van der Waals surface area contributed by atoms with Gasteiger partial charge in [-0.25, -0.2) is 0 Å². The lowest BCUT2D eigenvalue weighted by molar-refractivity contribution is 0.404. The monoisotopic (exact) mass is 233 g/mol. The molecule has 17 heavy (non-hydrogen) atoms. The van der Waals surface area contributed by atoms with Crippen LogP contribution in [0.2, 0.25) is 0 Å². The number of anilines is 2. The summed E-state index contributed by atoms with van der Waals surface area (Å²) < 4.78 is 0. The highest BCUT2D eigenvalue weighted by Crippen LogP contribution is 2.25. The van der Waals surface area contributed by atoms with Crippen LogP contribution in [0.25, 0.3) is 0 Å². The Labute approximate surface area is 104 Å². The largest absolute Gasteiger partial charge is 0.384 e. The van der Waals surface area contributed by atoms with E-state index in [1.807, 2.05) is 12.4 Å². The standard InChI is InChI=1S/C14H23N3/c1-3-12-6-5-7-17(11-12)14-8-13(16-4-2)9-15-10-14/h8-10,12,16H,3-7,11H2,1-2H3. The van der Waals surface area contributed by atoms with Gasteiger partial charge in [0.25, 0.3) is 0 Å². The first kappa shape index (κ1) is 12.2. The molecule has 1 aliphatic rings. The third-order valence-electron chi connectivity index (χ3n) is 3.57. The van der Waals surface area contributed by atoms with Crippen LogP contribution in [0.15, 0.2) is 18.5 Å². The summed E-state index contributed by atoms with van der Waals surface area (Å²) in [5, 5.41) is 3.32. The van der Waals surface area contributed by atoms with Gasteiger partial charge in [0.15, 0.2) is 0 Å². The highest BCUT2D eigenvalue weighted by atomic mass is 15.1. The van der Waals surface area contributed by atoms with Crippen molar-refractivity contribution in [3.05, 3.63) is 18.5 Å². The van der Waals surface area contributed by atoms with Gasteiger partial charge in [-0.1, -0.05) is 13.3 Å². The second kappa shape index (κ2) is 5.89. The quantitative estimate of drug-likeness (QED) is 0.866. The van der Waals surface area contributed by atoms with Gasteiger partial charge in [-0.15, -0.1) is 0 Å². The average Bonchev–Trinajstić information content (AvgIpc) is 2.40. The molecule has 0 aromatic carbocycles. The summed E-state index contributed by atoms with van der Waals surface area (Å²) in [6, 6.07) is 2.22. The van der Waals surface area contributed by atoms with Gasteiger partial charge in [0.2, 0.25) is 0 Å². The number of hydrogen-bond acceptors (Lipinski definition) is 3. The molecule has 1 aliphatic heterocycles. The van der Waals surface area contributed by atoms with Gasteiger partial charge >= 0.3 is 0 Å². The van der Waals surface area contributed by atoms with Crippen molar-refractivity contribution < 1.29 is 0 Å². The summed E-state index contributed by atoms with van der Waals surface area (Å²) in [4.78, 5) is 6.80. The molecule has 1 aromatic heterocycles. The van der Waals surface area contributed by atoms with Crippen molar-refractivity contribution >= 4 is 11.4 Å². The zero-order valence-corrected chi connectivity index (χ0v) is 10.9. The summed E-state index contributed by atoms with van der Waals surface area (Å²) in [6.07, 6.45) is 7.86. The summed E-state index contributed by atoms with van der Waals surface area (Å²) in [5.41, 5.74) is 2.39. The van der Waals surface area contributed by atoms with Crippen molar-refractivity contribution in [3.63, 3.8) is 0 Å². The number of aromatic nitrogens is 1. The van der Waals surface area contributed by atoms with E-state index in [4.69, 9.17) is 0 Å². The molecular weight excluding hydrogens is 210 g/mol. The van der Waals surface area contributed by atoms with Gasteiger partial charge in [-0.05, 0) is 31.7 Å². The molecule has 1 fully saturated rings. The van der Waals surface area contributed by atoms with E-state index in [0.29, 0.717) is 0 Å². The van der Waals surface area contributed by atoms with E-state index < -0.39 is 0 Å². The summed E-state index contributed by atoms with van der Waals surface area (Å²) in [5.74, 6) is 0.853. The predicted molar refractivity (Wildman–Crippen MR) is 73.6 cm³/mol. The van der Waals surface area contributed by atoms with Crippen LogP contribution in [0.5, 0.6) is 0 Å². The van der Waals surface area contributed by atoms with Gasteiger partial charge < -0.3 is 10.2 Å². The Bertz CT molecular complexity index is 351. The first-order chi connectivity index (χ1) is 8.33. The summed E-state index contributed by atoms with van der Waals surface area (Å²) >= 11 is 0. The van der Waals surface area contributed by atoms with Gasteiger partial charge in [0, 0.05) is 19.6 Å². The maximum absolute atomic E-state index is 4.33. The SMILES string of the molecule is CCNc1cncc(N2CCCC(CC)C2)c1. The first-order valence-electron chi connectivity index (χ1n) is 6.77. The van der Waals surface area contributed by atoms with Crippen LogP contribution in [-0.4, -0.2) is 24.6 Å². The third-order valence-corrected chi connectivity index (χ3v) is 3.57. The second-order valence-corrected chi connectivity index (χ2v) is 4.82. The van der Waals surface area contributed by atoms with Crippen molar-refractivity contribution in [2.45, 2.75) is 33.1 Å². The van der Waals surface area contributed by atoms with Crippen LogP contribution in [0, 0.1) is 5.92 Å². The van der Waals surface area contributed by atoms with Gasteiger partial charge in [-0.2, -0.15) is 0 Å². The van der Waals surface area contributed by atoms with E-state index >= 15 is 0 Å². The highest BCUT2D eigenvalue weighted by Gasteiger charge is 2.18. The van der Waals surface area contributed by atoms with E-state index in [9.17, 15) is 0 Å². The minimum Gasteiger partial charge on any atom is -0.384 e. The fourth-order valence-corrected chi connectivity index (χ4v) is 2.53. The number of hydrogen-bond donors (Lipinski definition) is 1. The number of rotatable bonds is 4. The Kier molecular flexibility index (Phi) is 4.24. The third kappa shape index (κ3) is 3.11. The first-order valence-corrected chi connectivity index (χ1v) is 6.77. The number of nitrogens with one attached hydrogen (secondary N) is 1. The lowest BCUT2D eigenvalue weighted by Crippen LogP contribution is -2.35. The molecule has 94 valence electrons. The van der Waals surface area contributed by atoms with Gasteiger partial charge in [0.05, 0.1) is 23.8 Å². The van der Waals surface area contributed by atoms with Crippen molar-refractivity contribution in [2.75, 3.05) is 29.9 Å². The molecule has 0 spiro atoms. The van der Waals surface area contributed by atoms with Crippen LogP contribution in [-0.2, 0) is 0 Å². The Morgan fingerprint density at radius 2 is 2.29 bits per heavy atom. The lowest BCUT2D eigenvalue weighted by Gasteiger charge is -2.34. The summed E-state index contributed by atoms with van der Waals surface area (Å²) in [6.45, 7) is 7.71. The Balaban J connectivity index is 2.07. The fraction of sp³-hybridized carbons (Fsp3) is 0.643. The molecule has 1 N–H and O–H groups in total. The van der Waals surface area contributed by atoms with Gasteiger partial charge in [0.1, 0.15) is 0 Å². The van der Waals surface area contributed by atoms with Crippen LogP contribution in [0.1, 0.15) is 33.1 Å². The molecule has 0 radical (unpaired) electrons. The molecule has 1 aromatic rings. The smallest absolute Gasteiger partial charge is 0.0573 e. The second-order valence-electron chi connectivity index (χ2n) is 4.82. The molecule has 3 nitrogen and oxygen atoms in total. The lowest BCUT2D eigenvalue weighted by atomic mass is 9.95. The molecule has 2 rings (SSSR count). The fourth-order valence-electron chi connectivity index (χ4n) is 2.53. The zero-order valence-electron chi connectivity index (χ0n) is 10.9. The molecule has 1 unspecified atom stereocenters. The van der Waals surface area contributed by atoms with E-state index in [2.05, 4.69) is 35.1 Å². The molecular formula is C14H23N3. The molecule has 3 heteroatoms. The molecule has 0 bridgehead atoms.